The largest absolute Gasteiger partial charge is 0.341 e. The molecule has 3 heterocycles. The van der Waals surface area contributed by atoms with Gasteiger partial charge in [0.15, 0.2) is 0 Å². The highest BCUT2D eigenvalue weighted by Gasteiger charge is 2.35. The zero-order valence-corrected chi connectivity index (χ0v) is 14.9. The molecule has 0 saturated carbocycles. The molecule has 1 N–H and O–H groups in total. The Labute approximate surface area is 153 Å². The molecule has 7 nitrogen and oxygen atoms in total. The number of aromatic nitrogens is 2. The number of nitrogens with zero attached hydrogens (tertiary/aromatic N) is 4. The van der Waals surface area contributed by atoms with Gasteiger partial charge in [0.1, 0.15) is 6.04 Å². The number of piperazine rings is 1. The summed E-state index contributed by atoms with van der Waals surface area (Å²) in [4.78, 5) is 33.7. The number of rotatable bonds is 4. The van der Waals surface area contributed by atoms with Gasteiger partial charge in [0.05, 0.1) is 17.4 Å². The van der Waals surface area contributed by atoms with Crippen LogP contribution < -0.4 is 5.32 Å². The van der Waals surface area contributed by atoms with E-state index in [0.29, 0.717) is 26.1 Å². The molecule has 7 heteroatoms. The van der Waals surface area contributed by atoms with Crippen molar-refractivity contribution in [2.45, 2.75) is 31.8 Å². The average Bonchev–Trinajstić information content (AvgIpc) is 3.35. The lowest BCUT2D eigenvalue weighted by atomic mass is 10.1. The van der Waals surface area contributed by atoms with Crippen molar-refractivity contribution < 1.29 is 9.59 Å². The van der Waals surface area contributed by atoms with Crippen LogP contribution in [0.1, 0.15) is 19.3 Å². The van der Waals surface area contributed by atoms with Crippen LogP contribution in [0.5, 0.6) is 0 Å². The molecule has 0 radical (unpaired) electrons. The van der Waals surface area contributed by atoms with Crippen LogP contribution >= 0.6 is 0 Å². The molecule has 0 aliphatic carbocycles. The van der Waals surface area contributed by atoms with Gasteiger partial charge in [-0.1, -0.05) is 12.1 Å². The first kappa shape index (κ1) is 17.0. The van der Waals surface area contributed by atoms with Gasteiger partial charge in [-0.05, 0) is 25.0 Å². The lowest BCUT2D eigenvalue weighted by molar-refractivity contribution is -0.146. The minimum Gasteiger partial charge on any atom is -0.341 e. The third-order valence-electron chi connectivity index (χ3n) is 5.36. The van der Waals surface area contributed by atoms with E-state index < -0.39 is 0 Å². The molecule has 2 aliphatic heterocycles. The Balaban J connectivity index is 1.42. The average molecular weight is 355 g/mol. The summed E-state index contributed by atoms with van der Waals surface area (Å²) in [6, 6.07) is 7.55. The van der Waals surface area contributed by atoms with Crippen LogP contribution in [0.15, 0.2) is 30.6 Å². The molecular formula is C19H25N5O2. The topological polar surface area (TPSA) is 70.5 Å². The van der Waals surface area contributed by atoms with Crippen molar-refractivity contribution in [1.29, 1.82) is 0 Å². The first-order valence-corrected chi connectivity index (χ1v) is 9.43. The molecule has 1 aromatic heterocycles. The van der Waals surface area contributed by atoms with Gasteiger partial charge in [0.25, 0.3) is 0 Å². The van der Waals surface area contributed by atoms with Crippen LogP contribution in [0.4, 0.5) is 0 Å². The van der Waals surface area contributed by atoms with Gasteiger partial charge in [-0.3, -0.25) is 9.59 Å². The normalized spacial score (nSPS) is 20.7. The number of carbonyl (C=O) groups excluding carboxylic acids is 2. The minimum absolute atomic E-state index is 0.0434. The van der Waals surface area contributed by atoms with Crippen molar-refractivity contribution in [3.05, 3.63) is 30.6 Å². The Morgan fingerprint density at radius 3 is 2.81 bits per heavy atom. The van der Waals surface area contributed by atoms with Crippen molar-refractivity contribution in [1.82, 2.24) is 24.7 Å². The highest BCUT2D eigenvalue weighted by atomic mass is 16.2. The van der Waals surface area contributed by atoms with E-state index in [2.05, 4.69) is 10.3 Å². The third-order valence-corrected chi connectivity index (χ3v) is 5.36. The first-order valence-electron chi connectivity index (χ1n) is 9.43. The Morgan fingerprint density at radius 1 is 1.15 bits per heavy atom. The summed E-state index contributed by atoms with van der Waals surface area (Å²) in [5.74, 6) is 0.137. The fourth-order valence-corrected chi connectivity index (χ4v) is 3.92. The summed E-state index contributed by atoms with van der Waals surface area (Å²) in [5.41, 5.74) is 1.97. The van der Waals surface area contributed by atoms with Crippen LogP contribution in [0.25, 0.3) is 11.0 Å². The predicted octanol–water partition coefficient (Wildman–Crippen LogP) is 0.849. The molecule has 2 aromatic rings. The number of imidazole rings is 1. The third kappa shape index (κ3) is 3.31. The van der Waals surface area contributed by atoms with Crippen LogP contribution in [0, 0.1) is 0 Å². The Hall–Kier alpha value is -2.41. The summed E-state index contributed by atoms with van der Waals surface area (Å²) in [7, 11) is 0. The summed E-state index contributed by atoms with van der Waals surface area (Å²) < 4.78 is 2.01. The number of para-hydroxylation sites is 2. The number of hydrogen-bond acceptors (Lipinski definition) is 4. The van der Waals surface area contributed by atoms with E-state index in [9.17, 15) is 9.59 Å². The van der Waals surface area contributed by atoms with Crippen molar-refractivity contribution in [3.63, 3.8) is 0 Å². The van der Waals surface area contributed by atoms with Gasteiger partial charge in [-0.15, -0.1) is 0 Å². The molecule has 26 heavy (non-hydrogen) atoms. The molecule has 138 valence electrons. The number of aryl methyl sites for hydroxylation is 1. The highest BCUT2D eigenvalue weighted by molar-refractivity contribution is 5.88. The van der Waals surface area contributed by atoms with E-state index in [1.807, 2.05) is 33.7 Å². The van der Waals surface area contributed by atoms with Gasteiger partial charge in [-0.25, -0.2) is 4.98 Å². The number of fused-ring (bicyclic) bond motifs is 1. The molecule has 1 aromatic carbocycles. The molecule has 4 rings (SSSR count). The molecular weight excluding hydrogens is 330 g/mol. The lowest BCUT2D eigenvalue weighted by Crippen LogP contribution is -2.60. The first-order chi connectivity index (χ1) is 12.7. The fraction of sp³-hybridized carbons (Fsp3) is 0.526. The van der Waals surface area contributed by atoms with Crippen LogP contribution in [-0.4, -0.2) is 69.9 Å². The van der Waals surface area contributed by atoms with Crippen LogP contribution in [0.2, 0.25) is 0 Å². The van der Waals surface area contributed by atoms with Crippen LogP contribution in [0.3, 0.4) is 0 Å². The zero-order chi connectivity index (χ0) is 17.9. The second-order valence-corrected chi connectivity index (χ2v) is 7.02. The number of likely N-dealkylation sites (tertiary alicyclic amines) is 1. The summed E-state index contributed by atoms with van der Waals surface area (Å²) in [6.07, 6.45) is 4.29. The highest BCUT2D eigenvalue weighted by Crippen LogP contribution is 2.16. The number of nitrogens with one attached hydrogen (secondary N) is 1. The van der Waals surface area contributed by atoms with Crippen LogP contribution in [-0.2, 0) is 16.1 Å². The number of benzene rings is 1. The molecule has 2 fully saturated rings. The van der Waals surface area contributed by atoms with E-state index in [-0.39, 0.29) is 17.9 Å². The number of hydrogen-bond donors (Lipinski definition) is 1. The van der Waals surface area contributed by atoms with Gasteiger partial charge in [0, 0.05) is 45.7 Å². The standard InChI is InChI=1S/C19H25N5O2/c25-18(7-11-23-14-21-15-5-1-2-6-16(15)23)24-12-8-20-13-17(24)19(26)22-9-3-4-10-22/h1-2,5-6,14,17,20H,3-4,7-13H2/t17-/m0/s1. The molecule has 2 amide bonds. The van der Waals surface area contributed by atoms with E-state index in [1.54, 1.807) is 11.2 Å². The molecule has 1 atom stereocenters. The molecule has 0 unspecified atom stereocenters. The summed E-state index contributed by atoms with van der Waals surface area (Å²) in [6.45, 7) is 4.09. The van der Waals surface area contributed by atoms with E-state index in [0.717, 1.165) is 43.5 Å². The molecule has 2 aliphatic rings. The van der Waals surface area contributed by atoms with Gasteiger partial charge >= 0.3 is 0 Å². The number of carbonyl (C=O) groups is 2. The Bertz CT molecular complexity index is 796. The van der Waals surface area contributed by atoms with E-state index in [4.69, 9.17) is 0 Å². The fourth-order valence-electron chi connectivity index (χ4n) is 3.92. The van der Waals surface area contributed by atoms with Gasteiger partial charge in [-0.2, -0.15) is 0 Å². The second-order valence-electron chi connectivity index (χ2n) is 7.02. The van der Waals surface area contributed by atoms with Crippen molar-refractivity contribution in [2.24, 2.45) is 0 Å². The molecule has 2 saturated heterocycles. The van der Waals surface area contributed by atoms with Crippen molar-refractivity contribution >= 4 is 22.8 Å². The number of amides is 2. The van der Waals surface area contributed by atoms with Gasteiger partial charge < -0.3 is 19.7 Å². The SMILES string of the molecule is O=C([C@@H]1CNCCN1C(=O)CCn1cnc2ccccc21)N1CCCC1. The Kier molecular flexibility index (Phi) is 4.88. The maximum atomic E-state index is 12.9. The molecule has 0 bridgehead atoms. The minimum atomic E-state index is -0.367. The molecule has 0 spiro atoms. The monoisotopic (exact) mass is 355 g/mol. The Morgan fingerprint density at radius 2 is 1.96 bits per heavy atom. The quantitative estimate of drug-likeness (QED) is 0.883. The van der Waals surface area contributed by atoms with Crippen molar-refractivity contribution in [3.8, 4) is 0 Å². The van der Waals surface area contributed by atoms with E-state index >= 15 is 0 Å². The maximum absolute atomic E-state index is 12.9. The van der Waals surface area contributed by atoms with Crippen molar-refractivity contribution in [2.75, 3.05) is 32.7 Å². The summed E-state index contributed by atoms with van der Waals surface area (Å²) in [5, 5.41) is 3.26. The smallest absolute Gasteiger partial charge is 0.246 e. The van der Waals surface area contributed by atoms with E-state index in [1.165, 1.54) is 0 Å². The summed E-state index contributed by atoms with van der Waals surface area (Å²) >= 11 is 0. The maximum Gasteiger partial charge on any atom is 0.246 e. The lowest BCUT2D eigenvalue weighted by Gasteiger charge is -2.37. The zero-order valence-electron chi connectivity index (χ0n) is 14.9. The predicted molar refractivity (Wildman–Crippen MR) is 98.5 cm³/mol. The van der Waals surface area contributed by atoms with Gasteiger partial charge in [0.2, 0.25) is 11.8 Å². The second kappa shape index (κ2) is 7.45.